The number of aromatic nitrogens is 1. The first-order valence-corrected chi connectivity index (χ1v) is 12.0. The van der Waals surface area contributed by atoms with Gasteiger partial charge in [0, 0.05) is 16.3 Å². The molecule has 33 heavy (non-hydrogen) atoms. The molecule has 3 aromatic heterocycles. The van der Waals surface area contributed by atoms with Gasteiger partial charge in [-0.1, -0.05) is 24.3 Å². The van der Waals surface area contributed by atoms with E-state index in [1.165, 1.54) is 11.3 Å². The monoisotopic (exact) mass is 476 g/mol. The molecule has 166 valence electrons. The number of furan rings is 1. The molecule has 5 aromatic rings. The van der Waals surface area contributed by atoms with E-state index in [9.17, 15) is 9.59 Å². The van der Waals surface area contributed by atoms with Gasteiger partial charge in [-0.25, -0.2) is 9.78 Å². The van der Waals surface area contributed by atoms with Crippen molar-refractivity contribution in [3.63, 3.8) is 0 Å². The highest BCUT2D eigenvalue weighted by Crippen LogP contribution is 2.38. The Balaban J connectivity index is 1.54. The summed E-state index contributed by atoms with van der Waals surface area (Å²) >= 11 is 2.83. The second-order valence-corrected chi connectivity index (χ2v) is 10.3. The fourth-order valence-corrected chi connectivity index (χ4v) is 5.09. The predicted octanol–water partition coefficient (Wildman–Crippen LogP) is 6.98. The molecule has 0 unspecified atom stereocenters. The molecule has 6 nitrogen and oxygen atoms in total. The number of esters is 1. The molecular formula is C25H20N2O4S2. The highest BCUT2D eigenvalue weighted by Gasteiger charge is 2.27. The van der Waals surface area contributed by atoms with Gasteiger partial charge in [-0.05, 0) is 50.6 Å². The lowest BCUT2D eigenvalue weighted by Crippen LogP contribution is -2.25. The van der Waals surface area contributed by atoms with E-state index < -0.39 is 17.5 Å². The summed E-state index contributed by atoms with van der Waals surface area (Å²) in [5.41, 5.74) is 4.41. The van der Waals surface area contributed by atoms with E-state index in [2.05, 4.69) is 10.3 Å². The molecule has 0 fully saturated rings. The number of carbonyl (C=O) groups is 2. The molecular weight excluding hydrogens is 456 g/mol. The first kappa shape index (κ1) is 21.4. The quantitative estimate of drug-likeness (QED) is 0.283. The fourth-order valence-electron chi connectivity index (χ4n) is 3.48. The standard InChI is InChI=1S/C25H20N2O4S2/c1-25(2,3)31-24(29)21-16(14-8-9-20-17(10-14)26-13-33-20)12-32-23(21)27-22(28)19-11-15-6-4-5-7-18(15)30-19/h4-13H,1-3H3,(H,27,28). The lowest BCUT2D eigenvalue weighted by atomic mass is 10.0. The summed E-state index contributed by atoms with van der Waals surface area (Å²) < 4.78 is 12.4. The largest absolute Gasteiger partial charge is 0.456 e. The van der Waals surface area contributed by atoms with Gasteiger partial charge in [0.05, 0.1) is 15.7 Å². The molecule has 2 aromatic carbocycles. The summed E-state index contributed by atoms with van der Waals surface area (Å²) in [6.45, 7) is 5.43. The smallest absolute Gasteiger partial charge is 0.342 e. The number of nitrogens with one attached hydrogen (secondary N) is 1. The Labute approximate surface area is 197 Å². The Hall–Kier alpha value is -3.49. The number of nitrogens with zero attached hydrogens (tertiary/aromatic N) is 1. The van der Waals surface area contributed by atoms with Crippen LogP contribution in [0.5, 0.6) is 0 Å². The Kier molecular flexibility index (Phi) is 5.26. The van der Waals surface area contributed by atoms with Crippen LogP contribution >= 0.6 is 22.7 Å². The summed E-state index contributed by atoms with van der Waals surface area (Å²) in [5, 5.41) is 5.93. The summed E-state index contributed by atoms with van der Waals surface area (Å²) in [7, 11) is 0. The molecule has 3 heterocycles. The van der Waals surface area contributed by atoms with Gasteiger partial charge in [0.15, 0.2) is 5.76 Å². The molecule has 0 atom stereocenters. The van der Waals surface area contributed by atoms with Gasteiger partial charge >= 0.3 is 5.97 Å². The molecule has 0 bridgehead atoms. The van der Waals surface area contributed by atoms with E-state index in [1.54, 1.807) is 29.0 Å². The molecule has 0 aliphatic rings. The molecule has 5 rings (SSSR count). The van der Waals surface area contributed by atoms with Crippen molar-refractivity contribution in [2.24, 2.45) is 0 Å². The van der Waals surface area contributed by atoms with Gasteiger partial charge < -0.3 is 14.5 Å². The van der Waals surface area contributed by atoms with Crippen molar-refractivity contribution >= 4 is 60.7 Å². The highest BCUT2D eigenvalue weighted by atomic mass is 32.1. The number of thiazole rings is 1. The molecule has 0 aliphatic heterocycles. The van der Waals surface area contributed by atoms with Gasteiger partial charge in [-0.2, -0.15) is 0 Å². The van der Waals surface area contributed by atoms with Gasteiger partial charge in [-0.15, -0.1) is 22.7 Å². The van der Waals surface area contributed by atoms with Crippen LogP contribution in [0.2, 0.25) is 0 Å². The third-order valence-corrected chi connectivity index (χ3v) is 6.62. The van der Waals surface area contributed by atoms with Crippen LogP contribution in [-0.2, 0) is 4.74 Å². The van der Waals surface area contributed by atoms with Crippen molar-refractivity contribution in [3.8, 4) is 11.1 Å². The highest BCUT2D eigenvalue weighted by molar-refractivity contribution is 7.16. The number of fused-ring (bicyclic) bond motifs is 2. The van der Waals surface area contributed by atoms with E-state index in [0.717, 1.165) is 21.2 Å². The lowest BCUT2D eigenvalue weighted by Gasteiger charge is -2.20. The number of ether oxygens (including phenoxy) is 1. The van der Waals surface area contributed by atoms with Crippen molar-refractivity contribution in [3.05, 3.63) is 70.7 Å². The number of hydrogen-bond acceptors (Lipinski definition) is 7. The van der Waals surface area contributed by atoms with Crippen molar-refractivity contribution < 1.29 is 18.7 Å². The Morgan fingerprint density at radius 2 is 1.88 bits per heavy atom. The van der Waals surface area contributed by atoms with E-state index in [1.807, 2.05) is 62.5 Å². The van der Waals surface area contributed by atoms with Crippen LogP contribution in [0.15, 0.2) is 63.8 Å². The topological polar surface area (TPSA) is 81.4 Å². The number of thiophene rings is 1. The predicted molar refractivity (Wildman–Crippen MR) is 132 cm³/mol. The maximum atomic E-state index is 13.2. The molecule has 0 spiro atoms. The molecule has 1 amide bonds. The van der Waals surface area contributed by atoms with E-state index >= 15 is 0 Å². The zero-order chi connectivity index (χ0) is 23.2. The summed E-state index contributed by atoms with van der Waals surface area (Å²) in [4.78, 5) is 30.6. The summed E-state index contributed by atoms with van der Waals surface area (Å²) in [5.74, 6) is -0.762. The Bertz CT molecular complexity index is 1470. The number of rotatable bonds is 4. The number of benzene rings is 2. The normalized spacial score (nSPS) is 11.7. The SMILES string of the molecule is CC(C)(C)OC(=O)c1c(-c2ccc3scnc3c2)csc1NC(=O)c1cc2ccccc2o1. The second kappa shape index (κ2) is 8.13. The number of hydrogen-bond donors (Lipinski definition) is 1. The van der Waals surface area contributed by atoms with E-state index in [0.29, 0.717) is 21.7 Å². The molecule has 0 radical (unpaired) electrons. The molecule has 0 aliphatic carbocycles. The average molecular weight is 477 g/mol. The van der Waals surface area contributed by atoms with Crippen molar-refractivity contribution in [1.29, 1.82) is 0 Å². The summed E-state index contributed by atoms with van der Waals surface area (Å²) in [6, 6.07) is 14.9. The summed E-state index contributed by atoms with van der Waals surface area (Å²) in [6.07, 6.45) is 0. The minimum atomic E-state index is -0.685. The third-order valence-electron chi connectivity index (χ3n) is 4.91. The second-order valence-electron chi connectivity index (χ2n) is 8.49. The van der Waals surface area contributed by atoms with Gasteiger partial charge in [0.25, 0.3) is 5.91 Å². The minimum absolute atomic E-state index is 0.171. The van der Waals surface area contributed by atoms with Crippen LogP contribution in [-0.4, -0.2) is 22.5 Å². The number of para-hydroxylation sites is 1. The van der Waals surface area contributed by atoms with Crippen LogP contribution in [0.3, 0.4) is 0 Å². The van der Waals surface area contributed by atoms with E-state index in [-0.39, 0.29) is 5.76 Å². The van der Waals surface area contributed by atoms with Gasteiger partial charge in [-0.3, -0.25) is 4.79 Å². The number of anilines is 1. The van der Waals surface area contributed by atoms with Crippen molar-refractivity contribution in [2.75, 3.05) is 5.32 Å². The molecule has 1 N–H and O–H groups in total. The lowest BCUT2D eigenvalue weighted by molar-refractivity contribution is 0.00721. The molecule has 0 saturated carbocycles. The van der Waals surface area contributed by atoms with Crippen LogP contribution < -0.4 is 5.32 Å². The number of carbonyl (C=O) groups excluding carboxylic acids is 2. The third kappa shape index (κ3) is 4.27. The first-order chi connectivity index (χ1) is 15.8. The van der Waals surface area contributed by atoms with Crippen LogP contribution in [0.4, 0.5) is 5.00 Å². The number of amides is 1. The van der Waals surface area contributed by atoms with Crippen LogP contribution in [0, 0.1) is 0 Å². The minimum Gasteiger partial charge on any atom is -0.456 e. The zero-order valence-corrected chi connectivity index (χ0v) is 19.8. The molecule has 0 saturated heterocycles. The fraction of sp³-hybridized carbons (Fsp3) is 0.160. The van der Waals surface area contributed by atoms with Gasteiger partial charge in [0.2, 0.25) is 0 Å². The van der Waals surface area contributed by atoms with Crippen molar-refractivity contribution in [2.45, 2.75) is 26.4 Å². The van der Waals surface area contributed by atoms with Gasteiger partial charge in [0.1, 0.15) is 21.7 Å². The zero-order valence-electron chi connectivity index (χ0n) is 18.2. The molecule has 8 heteroatoms. The maximum absolute atomic E-state index is 13.2. The van der Waals surface area contributed by atoms with Crippen LogP contribution in [0.25, 0.3) is 32.3 Å². The first-order valence-electron chi connectivity index (χ1n) is 10.3. The maximum Gasteiger partial charge on any atom is 0.342 e. The van der Waals surface area contributed by atoms with Crippen LogP contribution in [0.1, 0.15) is 41.7 Å². The average Bonchev–Trinajstić information content (AvgIpc) is 3.49. The van der Waals surface area contributed by atoms with E-state index in [4.69, 9.17) is 9.15 Å². The Morgan fingerprint density at radius 1 is 1.06 bits per heavy atom. The Morgan fingerprint density at radius 3 is 2.67 bits per heavy atom. The van der Waals surface area contributed by atoms with Crippen molar-refractivity contribution in [1.82, 2.24) is 4.98 Å².